The number of rotatable bonds is 5. The van der Waals surface area contributed by atoms with E-state index in [2.05, 4.69) is 82.7 Å². The highest BCUT2D eigenvalue weighted by Gasteiger charge is 2.31. The normalized spacial score (nSPS) is 18.6. The SMILES string of the molecule is C=CC(=O)N1CCN(c2nc(N3CCC(N(C)C)C3)nc3c2CCN(c2cccc4ccccc24)C3)CC1.CC#N. The molecule has 1 aromatic heterocycles. The van der Waals surface area contributed by atoms with Gasteiger partial charge in [-0.3, -0.25) is 4.79 Å². The summed E-state index contributed by atoms with van der Waals surface area (Å²) in [5, 5.41) is 9.86. The van der Waals surface area contributed by atoms with E-state index in [1.165, 1.54) is 35.0 Å². The Morgan fingerprint density at radius 3 is 2.44 bits per heavy atom. The minimum absolute atomic E-state index is 0.00702. The molecule has 4 heterocycles. The first-order valence-electron chi connectivity index (χ1n) is 14.4. The van der Waals surface area contributed by atoms with E-state index in [-0.39, 0.29) is 5.91 Å². The number of benzene rings is 2. The molecule has 1 atom stereocenters. The van der Waals surface area contributed by atoms with Crippen LogP contribution in [-0.4, -0.2) is 91.6 Å². The number of carbonyl (C=O) groups is 1. The Morgan fingerprint density at radius 2 is 1.73 bits per heavy atom. The van der Waals surface area contributed by atoms with Gasteiger partial charge in [0.2, 0.25) is 11.9 Å². The molecule has 3 aliphatic rings. The topological polar surface area (TPSA) is 82.8 Å². The van der Waals surface area contributed by atoms with Gasteiger partial charge in [0.15, 0.2) is 0 Å². The van der Waals surface area contributed by atoms with Crippen molar-refractivity contribution < 1.29 is 4.79 Å². The first kappa shape index (κ1) is 28.4. The number of nitrogens with zero attached hydrogens (tertiary/aromatic N) is 8. The van der Waals surface area contributed by atoms with Gasteiger partial charge in [-0.05, 0) is 44.5 Å². The number of hydrogen-bond donors (Lipinski definition) is 0. The molecule has 0 N–H and O–H groups in total. The number of nitriles is 1. The highest BCUT2D eigenvalue weighted by Crippen LogP contribution is 2.35. The molecule has 0 spiro atoms. The van der Waals surface area contributed by atoms with E-state index < -0.39 is 0 Å². The van der Waals surface area contributed by atoms with Crippen LogP contribution < -0.4 is 14.7 Å². The van der Waals surface area contributed by atoms with Gasteiger partial charge >= 0.3 is 0 Å². The predicted octanol–water partition coefficient (Wildman–Crippen LogP) is 3.70. The van der Waals surface area contributed by atoms with Crippen molar-refractivity contribution in [2.75, 3.05) is 74.6 Å². The number of fused-ring (bicyclic) bond motifs is 2. The molecule has 214 valence electrons. The fraction of sp³-hybridized carbons (Fsp3) is 0.438. The van der Waals surface area contributed by atoms with E-state index in [9.17, 15) is 4.79 Å². The summed E-state index contributed by atoms with van der Waals surface area (Å²) < 4.78 is 0. The average molecular weight is 553 g/mol. The van der Waals surface area contributed by atoms with Crippen molar-refractivity contribution in [3.8, 4) is 6.07 Å². The number of likely N-dealkylation sites (N-methyl/N-ethyl adjacent to an activating group) is 1. The second kappa shape index (κ2) is 12.6. The number of carbonyl (C=O) groups excluding carboxylic acids is 1. The van der Waals surface area contributed by atoms with Crippen LogP contribution >= 0.6 is 0 Å². The molecular formula is C32H40N8O. The maximum absolute atomic E-state index is 12.2. The number of amides is 1. The minimum Gasteiger partial charge on any atom is -0.365 e. The predicted molar refractivity (Wildman–Crippen MR) is 165 cm³/mol. The molecule has 1 amide bonds. The first-order chi connectivity index (χ1) is 19.9. The molecule has 3 aromatic rings. The molecule has 0 saturated carbocycles. The monoisotopic (exact) mass is 552 g/mol. The molecule has 9 heteroatoms. The summed E-state index contributed by atoms with van der Waals surface area (Å²) in [6.45, 7) is 11.6. The van der Waals surface area contributed by atoms with Gasteiger partial charge in [-0.25, -0.2) is 4.98 Å². The third kappa shape index (κ3) is 5.98. The Bertz CT molecular complexity index is 1430. The molecule has 0 radical (unpaired) electrons. The fourth-order valence-corrected chi connectivity index (χ4v) is 6.10. The van der Waals surface area contributed by atoms with Gasteiger partial charge in [0.25, 0.3) is 0 Å². The van der Waals surface area contributed by atoms with Crippen molar-refractivity contribution in [3.63, 3.8) is 0 Å². The lowest BCUT2D eigenvalue weighted by Gasteiger charge is -2.38. The largest absolute Gasteiger partial charge is 0.365 e. The van der Waals surface area contributed by atoms with E-state index >= 15 is 0 Å². The summed E-state index contributed by atoms with van der Waals surface area (Å²) in [5.74, 6) is 1.90. The van der Waals surface area contributed by atoms with Gasteiger partial charge in [-0.15, -0.1) is 0 Å². The molecule has 0 bridgehead atoms. The molecule has 2 saturated heterocycles. The zero-order valence-corrected chi connectivity index (χ0v) is 24.5. The molecule has 2 aromatic carbocycles. The Kier molecular flexibility index (Phi) is 8.70. The quantitative estimate of drug-likeness (QED) is 0.444. The molecular weight excluding hydrogens is 512 g/mol. The van der Waals surface area contributed by atoms with Crippen molar-refractivity contribution in [2.24, 2.45) is 0 Å². The Labute approximate surface area is 243 Å². The van der Waals surface area contributed by atoms with E-state index in [0.29, 0.717) is 19.1 Å². The van der Waals surface area contributed by atoms with Crippen LogP contribution in [0.3, 0.4) is 0 Å². The summed E-state index contributed by atoms with van der Waals surface area (Å²) >= 11 is 0. The maximum Gasteiger partial charge on any atom is 0.246 e. The number of aromatic nitrogens is 2. The van der Waals surface area contributed by atoms with Crippen molar-refractivity contribution in [1.29, 1.82) is 5.26 Å². The lowest BCUT2D eigenvalue weighted by molar-refractivity contribution is -0.126. The van der Waals surface area contributed by atoms with Crippen molar-refractivity contribution in [3.05, 3.63) is 66.4 Å². The molecule has 3 aliphatic heterocycles. The zero-order valence-electron chi connectivity index (χ0n) is 24.5. The lowest BCUT2D eigenvalue weighted by Crippen LogP contribution is -2.49. The van der Waals surface area contributed by atoms with Crippen LogP contribution in [0.2, 0.25) is 0 Å². The molecule has 6 rings (SSSR count). The number of hydrogen-bond acceptors (Lipinski definition) is 8. The van der Waals surface area contributed by atoms with Gasteiger partial charge < -0.3 is 24.5 Å². The lowest BCUT2D eigenvalue weighted by atomic mass is 10.0. The molecule has 41 heavy (non-hydrogen) atoms. The fourth-order valence-electron chi connectivity index (χ4n) is 6.10. The Morgan fingerprint density at radius 1 is 1.00 bits per heavy atom. The summed E-state index contributed by atoms with van der Waals surface area (Å²) in [4.78, 5) is 33.9. The van der Waals surface area contributed by atoms with Gasteiger partial charge in [-0.1, -0.05) is 43.0 Å². The van der Waals surface area contributed by atoms with Gasteiger partial charge in [0, 0.05) is 75.4 Å². The standard InChI is InChI=1S/C30H37N7O.C2H3N/c1-4-28(38)34-16-18-35(19-17-34)29-25-13-15-36(27-11-7-9-22-8-5-6-10-24(22)27)21-26(25)31-30(32-29)37-14-12-23(20-37)33(2)3;1-2-3/h4-11,23H,1,12-21H2,2-3H3;1H3. The van der Waals surface area contributed by atoms with Crippen LogP contribution in [0.15, 0.2) is 55.1 Å². The van der Waals surface area contributed by atoms with Crippen LogP contribution in [0, 0.1) is 11.3 Å². The molecule has 2 fully saturated rings. The third-order valence-electron chi connectivity index (χ3n) is 8.38. The number of anilines is 3. The van der Waals surface area contributed by atoms with Crippen LogP contribution in [0.1, 0.15) is 24.6 Å². The van der Waals surface area contributed by atoms with Crippen LogP contribution in [0.4, 0.5) is 17.5 Å². The molecule has 0 aliphatic carbocycles. The highest BCUT2D eigenvalue weighted by atomic mass is 16.2. The van der Waals surface area contributed by atoms with Gasteiger partial charge in [0.1, 0.15) is 5.82 Å². The second-order valence-electron chi connectivity index (χ2n) is 11.0. The Hall–Kier alpha value is -4.16. The Balaban J connectivity index is 0.00000108. The van der Waals surface area contributed by atoms with E-state index in [1.54, 1.807) is 6.07 Å². The summed E-state index contributed by atoms with van der Waals surface area (Å²) in [7, 11) is 4.30. The van der Waals surface area contributed by atoms with Crippen LogP contribution in [0.25, 0.3) is 10.8 Å². The van der Waals surface area contributed by atoms with Crippen molar-refractivity contribution in [2.45, 2.75) is 32.4 Å². The highest BCUT2D eigenvalue weighted by molar-refractivity contribution is 5.94. The van der Waals surface area contributed by atoms with Crippen LogP contribution in [0.5, 0.6) is 0 Å². The van der Waals surface area contributed by atoms with Crippen LogP contribution in [-0.2, 0) is 17.8 Å². The number of piperazine rings is 1. The zero-order chi connectivity index (χ0) is 28.9. The maximum atomic E-state index is 12.2. The third-order valence-corrected chi connectivity index (χ3v) is 8.38. The van der Waals surface area contributed by atoms with E-state index in [4.69, 9.17) is 15.2 Å². The van der Waals surface area contributed by atoms with E-state index in [0.717, 1.165) is 69.6 Å². The van der Waals surface area contributed by atoms with Crippen molar-refractivity contribution in [1.82, 2.24) is 19.8 Å². The molecule has 1 unspecified atom stereocenters. The van der Waals surface area contributed by atoms with E-state index in [1.807, 2.05) is 4.90 Å². The van der Waals surface area contributed by atoms with Crippen molar-refractivity contribution >= 4 is 34.1 Å². The minimum atomic E-state index is 0.00702. The average Bonchev–Trinajstić information content (AvgIpc) is 3.51. The summed E-state index contributed by atoms with van der Waals surface area (Å²) in [5.41, 5.74) is 3.65. The summed E-state index contributed by atoms with van der Waals surface area (Å²) in [6.07, 6.45) is 3.43. The molecule has 9 nitrogen and oxygen atoms in total. The van der Waals surface area contributed by atoms with Gasteiger partial charge in [-0.2, -0.15) is 10.2 Å². The second-order valence-corrected chi connectivity index (χ2v) is 11.0. The van der Waals surface area contributed by atoms with Gasteiger partial charge in [0.05, 0.1) is 18.3 Å². The smallest absolute Gasteiger partial charge is 0.246 e. The summed E-state index contributed by atoms with van der Waals surface area (Å²) in [6, 6.07) is 17.4. The first-order valence-corrected chi connectivity index (χ1v) is 14.4.